The van der Waals surface area contributed by atoms with Crippen molar-refractivity contribution in [2.75, 3.05) is 14.1 Å². The Bertz CT molecular complexity index is 147. The summed E-state index contributed by atoms with van der Waals surface area (Å²) in [5, 5.41) is 0. The van der Waals surface area contributed by atoms with Gasteiger partial charge in [0.2, 0.25) is 8.32 Å². The minimum absolute atomic E-state index is 0.976. The predicted molar refractivity (Wildman–Crippen MR) is 51.9 cm³/mol. The van der Waals surface area contributed by atoms with Crippen LogP contribution >= 0.6 is 0 Å². The molecule has 0 atom stereocenters. The highest BCUT2D eigenvalue weighted by Crippen LogP contribution is 2.11. The van der Waals surface area contributed by atoms with E-state index >= 15 is 0 Å². The predicted octanol–water partition coefficient (Wildman–Crippen LogP) is 2.26. The Morgan fingerprint density at radius 1 is 1.27 bits per heavy atom. The van der Waals surface area contributed by atoms with Crippen LogP contribution in [-0.4, -0.2) is 27.3 Å². The van der Waals surface area contributed by atoms with Crippen LogP contribution in [0.2, 0.25) is 19.6 Å². The van der Waals surface area contributed by atoms with Crippen molar-refractivity contribution in [3.63, 3.8) is 0 Å². The van der Waals surface area contributed by atoms with Gasteiger partial charge in [0, 0.05) is 14.1 Å². The van der Waals surface area contributed by atoms with Crippen LogP contribution in [0.25, 0.3) is 0 Å². The third-order valence-corrected chi connectivity index (χ3v) is 1.92. The number of hydrogen-bond donors (Lipinski definition) is 0. The zero-order valence-electron chi connectivity index (χ0n) is 8.43. The highest BCUT2D eigenvalue weighted by Gasteiger charge is 2.17. The Labute approximate surface area is 71.0 Å². The molecule has 0 unspecified atom stereocenters. The summed E-state index contributed by atoms with van der Waals surface area (Å²) in [6.45, 7) is 8.54. The summed E-state index contributed by atoms with van der Waals surface area (Å²) in [6.07, 6.45) is 2.00. The van der Waals surface area contributed by atoms with Crippen molar-refractivity contribution in [1.29, 1.82) is 0 Å². The molecule has 0 aromatic heterocycles. The maximum absolute atomic E-state index is 5.77. The van der Waals surface area contributed by atoms with Crippen LogP contribution in [-0.2, 0) is 4.43 Å². The van der Waals surface area contributed by atoms with Gasteiger partial charge in [0.05, 0.1) is 0 Å². The van der Waals surface area contributed by atoms with E-state index < -0.39 is 8.32 Å². The number of hydrogen-bond acceptors (Lipinski definition) is 2. The lowest BCUT2D eigenvalue weighted by atomic mass is 10.6. The molecule has 0 radical (unpaired) electrons. The largest absolute Gasteiger partial charge is 0.533 e. The second-order valence-electron chi connectivity index (χ2n) is 3.74. The highest BCUT2D eigenvalue weighted by molar-refractivity contribution is 6.70. The van der Waals surface area contributed by atoms with Crippen LogP contribution in [0, 0.1) is 0 Å². The molecule has 0 spiro atoms. The Morgan fingerprint density at radius 2 is 1.73 bits per heavy atom. The SMILES string of the molecule is C/C=C(\O[Si](C)(C)C)N(C)C. The molecule has 3 heteroatoms. The van der Waals surface area contributed by atoms with E-state index in [1.54, 1.807) is 0 Å². The summed E-state index contributed by atoms with van der Waals surface area (Å²) in [6, 6.07) is 0. The molecule has 0 saturated carbocycles. The first-order chi connectivity index (χ1) is 4.87. The van der Waals surface area contributed by atoms with E-state index in [0.29, 0.717) is 0 Å². The molecule has 0 amide bonds. The average Bonchev–Trinajstić information content (AvgIpc) is 1.80. The van der Waals surface area contributed by atoms with Crippen LogP contribution in [0.3, 0.4) is 0 Å². The highest BCUT2D eigenvalue weighted by atomic mass is 28.4. The van der Waals surface area contributed by atoms with Gasteiger partial charge in [-0.2, -0.15) is 0 Å². The molecule has 0 heterocycles. The van der Waals surface area contributed by atoms with Crippen molar-refractivity contribution in [1.82, 2.24) is 4.90 Å². The van der Waals surface area contributed by atoms with Crippen molar-refractivity contribution >= 4 is 8.32 Å². The van der Waals surface area contributed by atoms with Gasteiger partial charge in [0.25, 0.3) is 0 Å². The molecule has 0 fully saturated rings. The maximum atomic E-state index is 5.77. The molecule has 0 aromatic carbocycles. The van der Waals surface area contributed by atoms with Crippen LogP contribution in [0.1, 0.15) is 6.92 Å². The summed E-state index contributed by atoms with van der Waals surface area (Å²) in [5.41, 5.74) is 0. The molecular weight excluding hydrogens is 154 g/mol. The molecule has 0 aliphatic heterocycles. The average molecular weight is 173 g/mol. The van der Waals surface area contributed by atoms with Gasteiger partial charge >= 0.3 is 0 Å². The summed E-state index contributed by atoms with van der Waals surface area (Å²) < 4.78 is 5.77. The second-order valence-corrected chi connectivity index (χ2v) is 8.16. The van der Waals surface area contributed by atoms with Crippen LogP contribution in [0.4, 0.5) is 0 Å². The van der Waals surface area contributed by atoms with Gasteiger partial charge in [0.1, 0.15) is 0 Å². The second kappa shape index (κ2) is 3.81. The van der Waals surface area contributed by atoms with Gasteiger partial charge in [-0.15, -0.1) is 0 Å². The molecule has 0 aliphatic rings. The summed E-state index contributed by atoms with van der Waals surface area (Å²) in [4.78, 5) is 2.00. The van der Waals surface area contributed by atoms with E-state index in [0.717, 1.165) is 5.88 Å². The zero-order valence-corrected chi connectivity index (χ0v) is 9.43. The van der Waals surface area contributed by atoms with E-state index in [1.807, 2.05) is 32.0 Å². The van der Waals surface area contributed by atoms with E-state index in [9.17, 15) is 0 Å². The molecule has 0 bridgehead atoms. The van der Waals surface area contributed by atoms with Crippen LogP contribution < -0.4 is 0 Å². The zero-order chi connectivity index (χ0) is 9.07. The smallest absolute Gasteiger partial charge is 0.244 e. The van der Waals surface area contributed by atoms with Gasteiger partial charge in [-0.25, -0.2) is 0 Å². The summed E-state index contributed by atoms with van der Waals surface area (Å²) in [7, 11) is 2.58. The Balaban J connectivity index is 4.12. The van der Waals surface area contributed by atoms with Gasteiger partial charge in [-0.05, 0) is 32.6 Å². The normalized spacial score (nSPS) is 13.1. The Morgan fingerprint density at radius 3 is 1.82 bits per heavy atom. The van der Waals surface area contributed by atoms with E-state index in [2.05, 4.69) is 19.6 Å². The van der Waals surface area contributed by atoms with Gasteiger partial charge in [-0.3, -0.25) is 0 Å². The Kier molecular flexibility index (Phi) is 3.65. The number of allylic oxidation sites excluding steroid dienone is 1. The van der Waals surface area contributed by atoms with Crippen molar-refractivity contribution in [2.24, 2.45) is 0 Å². The standard InChI is InChI=1S/C8H19NOSi/c1-7-8(9(2)3)10-11(4,5)6/h7H,1-6H3/b8-7-. The lowest BCUT2D eigenvalue weighted by Crippen LogP contribution is -2.29. The van der Waals surface area contributed by atoms with Crippen molar-refractivity contribution in [3.8, 4) is 0 Å². The van der Waals surface area contributed by atoms with Crippen LogP contribution in [0.5, 0.6) is 0 Å². The molecule has 0 aromatic rings. The third-order valence-electron chi connectivity index (χ3n) is 1.10. The minimum Gasteiger partial charge on any atom is -0.533 e. The van der Waals surface area contributed by atoms with Crippen molar-refractivity contribution in [3.05, 3.63) is 12.0 Å². The summed E-state index contributed by atoms with van der Waals surface area (Å²) >= 11 is 0. The lowest BCUT2D eigenvalue weighted by Gasteiger charge is -2.26. The molecule has 2 nitrogen and oxygen atoms in total. The van der Waals surface area contributed by atoms with Crippen LogP contribution in [0.15, 0.2) is 12.0 Å². The summed E-state index contributed by atoms with van der Waals surface area (Å²) in [5.74, 6) is 0.976. The fourth-order valence-corrected chi connectivity index (χ4v) is 1.65. The molecule has 66 valence electrons. The number of nitrogens with zero attached hydrogens (tertiary/aromatic N) is 1. The van der Waals surface area contributed by atoms with E-state index in [1.165, 1.54) is 0 Å². The van der Waals surface area contributed by atoms with Crippen molar-refractivity contribution in [2.45, 2.75) is 26.6 Å². The minimum atomic E-state index is -1.41. The van der Waals surface area contributed by atoms with Gasteiger partial charge in [0.15, 0.2) is 5.88 Å². The lowest BCUT2D eigenvalue weighted by molar-refractivity contribution is 0.275. The molecule has 0 N–H and O–H groups in total. The van der Waals surface area contributed by atoms with E-state index in [-0.39, 0.29) is 0 Å². The molecule has 11 heavy (non-hydrogen) atoms. The first kappa shape index (κ1) is 10.6. The fourth-order valence-electron chi connectivity index (χ4n) is 0.722. The fraction of sp³-hybridized carbons (Fsp3) is 0.750. The molecule has 0 saturated heterocycles. The maximum Gasteiger partial charge on any atom is 0.244 e. The van der Waals surface area contributed by atoms with Gasteiger partial charge < -0.3 is 9.33 Å². The van der Waals surface area contributed by atoms with Crippen molar-refractivity contribution < 1.29 is 4.43 Å². The number of rotatable bonds is 3. The quantitative estimate of drug-likeness (QED) is 0.479. The molecular formula is C8H19NOSi. The molecule has 0 aliphatic carbocycles. The molecule has 0 rings (SSSR count). The topological polar surface area (TPSA) is 12.5 Å². The van der Waals surface area contributed by atoms with Gasteiger partial charge in [-0.1, -0.05) is 0 Å². The monoisotopic (exact) mass is 173 g/mol. The third kappa shape index (κ3) is 4.90. The first-order valence-corrected chi connectivity index (χ1v) is 7.30. The Hall–Kier alpha value is -0.443. The first-order valence-electron chi connectivity index (χ1n) is 3.89. The van der Waals surface area contributed by atoms with E-state index in [4.69, 9.17) is 4.43 Å².